The Morgan fingerprint density at radius 3 is 2.45 bits per heavy atom. The van der Waals surface area contributed by atoms with Crippen LogP contribution < -0.4 is 10.5 Å². The normalized spacial score (nSPS) is 11.4. The first kappa shape index (κ1) is 14.1. The lowest BCUT2D eigenvalue weighted by Gasteiger charge is -2.10. The molecule has 4 nitrogen and oxygen atoms in total. The van der Waals surface area contributed by atoms with E-state index in [-0.39, 0.29) is 11.6 Å². The van der Waals surface area contributed by atoms with Gasteiger partial charge >= 0.3 is 6.36 Å². The molecular weight excluding hydrogens is 271 g/mol. The summed E-state index contributed by atoms with van der Waals surface area (Å²) in [5.74, 6) is 0.239. The molecule has 0 aliphatic rings. The van der Waals surface area contributed by atoms with E-state index in [1.54, 1.807) is 19.9 Å². The van der Waals surface area contributed by atoms with Gasteiger partial charge in [-0.1, -0.05) is 12.1 Å². The molecule has 0 spiro atoms. The van der Waals surface area contributed by atoms with Gasteiger partial charge in [-0.15, -0.1) is 13.2 Å². The van der Waals surface area contributed by atoms with E-state index in [4.69, 9.17) is 5.73 Å². The van der Waals surface area contributed by atoms with E-state index >= 15 is 0 Å². The lowest BCUT2D eigenvalue weighted by molar-refractivity contribution is -0.274. The second-order valence-corrected chi connectivity index (χ2v) is 4.22. The maximum absolute atomic E-state index is 12.2. The van der Waals surface area contributed by atoms with Crippen molar-refractivity contribution in [2.45, 2.75) is 20.2 Å². The molecule has 106 valence electrons. The van der Waals surface area contributed by atoms with Crippen molar-refractivity contribution < 1.29 is 17.9 Å². The average Bonchev–Trinajstić information content (AvgIpc) is 2.33. The zero-order valence-electron chi connectivity index (χ0n) is 10.8. The first-order valence-corrected chi connectivity index (χ1v) is 5.73. The van der Waals surface area contributed by atoms with E-state index in [1.165, 1.54) is 18.2 Å². The number of nitrogen functional groups attached to an aromatic ring is 1. The smallest absolute Gasteiger partial charge is 0.406 e. The lowest BCUT2D eigenvalue weighted by atomic mass is 10.2. The number of alkyl halides is 3. The van der Waals surface area contributed by atoms with Crippen LogP contribution in [0.25, 0.3) is 11.4 Å². The molecule has 2 aromatic rings. The third-order valence-electron chi connectivity index (χ3n) is 2.75. The molecule has 0 amide bonds. The van der Waals surface area contributed by atoms with E-state index in [2.05, 4.69) is 14.7 Å². The summed E-state index contributed by atoms with van der Waals surface area (Å²) in [5, 5.41) is 0. The minimum absolute atomic E-state index is 0.262. The number of hydrogen-bond acceptors (Lipinski definition) is 4. The predicted molar refractivity (Wildman–Crippen MR) is 68.0 cm³/mol. The largest absolute Gasteiger partial charge is 0.573 e. The first-order valence-electron chi connectivity index (χ1n) is 5.73. The van der Waals surface area contributed by atoms with Gasteiger partial charge in [-0.05, 0) is 26.0 Å². The Balaban J connectivity index is 2.41. The van der Waals surface area contributed by atoms with E-state index in [9.17, 15) is 13.2 Å². The number of benzene rings is 1. The Bertz CT molecular complexity index is 618. The second-order valence-electron chi connectivity index (χ2n) is 4.22. The molecule has 0 radical (unpaired) electrons. The summed E-state index contributed by atoms with van der Waals surface area (Å²) < 4.78 is 40.4. The molecule has 1 aromatic carbocycles. The molecule has 1 aromatic heterocycles. The van der Waals surface area contributed by atoms with Crippen LogP contribution in [-0.4, -0.2) is 16.3 Å². The average molecular weight is 283 g/mol. The van der Waals surface area contributed by atoms with Crippen molar-refractivity contribution in [3.05, 3.63) is 35.5 Å². The van der Waals surface area contributed by atoms with E-state index in [1.807, 2.05) is 0 Å². The molecule has 0 unspecified atom stereocenters. The topological polar surface area (TPSA) is 61.0 Å². The minimum atomic E-state index is -4.73. The number of anilines is 1. The van der Waals surface area contributed by atoms with Crippen LogP contribution in [0, 0.1) is 13.8 Å². The number of nitrogens with two attached hydrogens (primary N) is 1. The van der Waals surface area contributed by atoms with Gasteiger partial charge in [-0.3, -0.25) is 0 Å². The third-order valence-corrected chi connectivity index (χ3v) is 2.75. The molecule has 0 aliphatic heterocycles. The molecule has 0 saturated carbocycles. The van der Waals surface area contributed by atoms with Gasteiger partial charge in [0.25, 0.3) is 0 Å². The Hall–Kier alpha value is -2.31. The third kappa shape index (κ3) is 3.17. The Morgan fingerprint density at radius 2 is 1.85 bits per heavy atom. The quantitative estimate of drug-likeness (QED) is 0.919. The fraction of sp³-hybridized carbons (Fsp3) is 0.231. The number of hydrogen-bond donors (Lipinski definition) is 1. The monoisotopic (exact) mass is 283 g/mol. The molecule has 2 rings (SSSR count). The number of aromatic nitrogens is 2. The van der Waals surface area contributed by atoms with Gasteiger partial charge in [0.05, 0.1) is 0 Å². The van der Waals surface area contributed by atoms with Crippen molar-refractivity contribution in [1.82, 2.24) is 9.97 Å². The number of aryl methyl sites for hydroxylation is 1. The van der Waals surface area contributed by atoms with Crippen molar-refractivity contribution in [1.29, 1.82) is 0 Å². The molecule has 2 N–H and O–H groups in total. The van der Waals surface area contributed by atoms with Crippen LogP contribution in [0.15, 0.2) is 24.3 Å². The molecule has 0 fully saturated rings. The molecule has 0 saturated heterocycles. The van der Waals surface area contributed by atoms with Crippen LogP contribution in [-0.2, 0) is 0 Å². The van der Waals surface area contributed by atoms with Gasteiger partial charge < -0.3 is 10.5 Å². The Labute approximate surface area is 113 Å². The van der Waals surface area contributed by atoms with Crippen LogP contribution >= 0.6 is 0 Å². The van der Waals surface area contributed by atoms with Gasteiger partial charge in [0.1, 0.15) is 11.6 Å². The summed E-state index contributed by atoms with van der Waals surface area (Å²) in [5.41, 5.74) is 7.56. The number of ether oxygens (including phenoxy) is 1. The van der Waals surface area contributed by atoms with Gasteiger partial charge in [0.15, 0.2) is 5.82 Å². The fourth-order valence-electron chi connectivity index (χ4n) is 1.61. The highest BCUT2D eigenvalue weighted by Gasteiger charge is 2.31. The highest BCUT2D eigenvalue weighted by molar-refractivity contribution is 5.60. The number of nitrogens with zero attached hydrogens (tertiary/aromatic N) is 2. The fourth-order valence-corrected chi connectivity index (χ4v) is 1.61. The molecule has 1 heterocycles. The standard InChI is InChI=1S/C13H12F3N3O/c1-7-8(2)18-12(19-11(7)17)9-4-3-5-10(6-9)20-13(14,15)16/h3-6H,1-2H3,(H2,17,18,19). The van der Waals surface area contributed by atoms with Crippen molar-refractivity contribution >= 4 is 5.82 Å². The molecule has 7 heteroatoms. The Morgan fingerprint density at radius 1 is 1.15 bits per heavy atom. The minimum Gasteiger partial charge on any atom is -0.406 e. The molecule has 20 heavy (non-hydrogen) atoms. The SMILES string of the molecule is Cc1nc(-c2cccc(OC(F)(F)F)c2)nc(N)c1C. The van der Waals surface area contributed by atoms with E-state index < -0.39 is 6.36 Å². The van der Waals surface area contributed by atoms with Crippen molar-refractivity contribution in [2.24, 2.45) is 0 Å². The van der Waals surface area contributed by atoms with Crippen molar-refractivity contribution in [3.63, 3.8) is 0 Å². The summed E-state index contributed by atoms with van der Waals surface area (Å²) in [4.78, 5) is 8.28. The highest BCUT2D eigenvalue weighted by Crippen LogP contribution is 2.27. The van der Waals surface area contributed by atoms with Crippen LogP contribution in [0.3, 0.4) is 0 Å². The molecule has 0 aliphatic carbocycles. The van der Waals surface area contributed by atoms with Gasteiger partial charge in [-0.25, -0.2) is 9.97 Å². The summed E-state index contributed by atoms with van der Waals surface area (Å²) in [6.45, 7) is 3.53. The van der Waals surface area contributed by atoms with E-state index in [0.717, 1.165) is 5.56 Å². The maximum atomic E-state index is 12.2. The van der Waals surface area contributed by atoms with Gasteiger partial charge in [0, 0.05) is 16.8 Å². The van der Waals surface area contributed by atoms with Crippen molar-refractivity contribution in [2.75, 3.05) is 5.73 Å². The van der Waals surface area contributed by atoms with Crippen LogP contribution in [0.4, 0.5) is 19.0 Å². The van der Waals surface area contributed by atoms with Gasteiger partial charge in [-0.2, -0.15) is 0 Å². The molecular formula is C13H12F3N3O. The van der Waals surface area contributed by atoms with Crippen LogP contribution in [0.5, 0.6) is 5.75 Å². The molecule has 0 bridgehead atoms. The van der Waals surface area contributed by atoms with Crippen LogP contribution in [0.1, 0.15) is 11.3 Å². The van der Waals surface area contributed by atoms with Crippen molar-refractivity contribution in [3.8, 4) is 17.1 Å². The predicted octanol–water partition coefficient (Wildman–Crippen LogP) is 3.24. The number of halogens is 3. The van der Waals surface area contributed by atoms with Crippen LogP contribution in [0.2, 0.25) is 0 Å². The summed E-state index contributed by atoms with van der Waals surface area (Å²) in [6.07, 6.45) is -4.73. The Kier molecular flexibility index (Phi) is 3.52. The van der Waals surface area contributed by atoms with E-state index in [0.29, 0.717) is 17.1 Å². The van der Waals surface area contributed by atoms with Gasteiger partial charge in [0.2, 0.25) is 0 Å². The summed E-state index contributed by atoms with van der Waals surface area (Å²) in [7, 11) is 0. The maximum Gasteiger partial charge on any atom is 0.573 e. The summed E-state index contributed by atoms with van der Waals surface area (Å²) >= 11 is 0. The second kappa shape index (κ2) is 4.99. The zero-order chi connectivity index (χ0) is 14.9. The zero-order valence-corrected chi connectivity index (χ0v) is 10.8. The molecule has 0 atom stereocenters. The first-order chi connectivity index (χ1) is 9.26. The number of rotatable bonds is 2. The summed E-state index contributed by atoms with van der Waals surface area (Å²) in [6, 6.07) is 5.45. The highest BCUT2D eigenvalue weighted by atomic mass is 19.4. The lowest BCUT2D eigenvalue weighted by Crippen LogP contribution is -2.17.